The van der Waals surface area contributed by atoms with Crippen LogP contribution in [0.4, 0.5) is 5.95 Å². The summed E-state index contributed by atoms with van der Waals surface area (Å²) in [6.07, 6.45) is 2.49. The molecule has 0 bridgehead atoms. The molecule has 1 aromatic heterocycles. The third-order valence-corrected chi connectivity index (χ3v) is 4.85. The van der Waals surface area contributed by atoms with Crippen LogP contribution in [0, 0.1) is 0 Å². The van der Waals surface area contributed by atoms with Crippen molar-refractivity contribution in [1.29, 1.82) is 0 Å². The van der Waals surface area contributed by atoms with Gasteiger partial charge in [0.25, 0.3) is 0 Å². The molecule has 2 atom stereocenters. The van der Waals surface area contributed by atoms with Gasteiger partial charge in [-0.15, -0.1) is 0 Å². The summed E-state index contributed by atoms with van der Waals surface area (Å²) < 4.78 is 8.38. The fourth-order valence-electron chi connectivity index (χ4n) is 3.19. The van der Waals surface area contributed by atoms with Crippen LogP contribution in [0.25, 0.3) is 0 Å². The molecule has 0 saturated heterocycles. The van der Waals surface area contributed by atoms with E-state index < -0.39 is 0 Å². The highest BCUT2D eigenvalue weighted by molar-refractivity contribution is 9.10. The Balaban J connectivity index is 1.73. The Bertz CT molecular complexity index is 863. The van der Waals surface area contributed by atoms with Gasteiger partial charge in [-0.2, -0.15) is 10.1 Å². The van der Waals surface area contributed by atoms with Crippen LogP contribution in [-0.4, -0.2) is 21.9 Å². The second-order valence-electron chi connectivity index (χ2n) is 5.81. The van der Waals surface area contributed by atoms with E-state index in [2.05, 4.69) is 61.7 Å². The summed E-state index contributed by atoms with van der Waals surface area (Å²) >= 11 is 3.56. The molecule has 0 saturated carbocycles. The van der Waals surface area contributed by atoms with Gasteiger partial charge in [0.1, 0.15) is 12.1 Å². The second-order valence-corrected chi connectivity index (χ2v) is 6.72. The van der Waals surface area contributed by atoms with Crippen molar-refractivity contribution in [2.24, 2.45) is 0 Å². The van der Waals surface area contributed by atoms with E-state index in [1.165, 1.54) is 11.1 Å². The lowest BCUT2D eigenvalue weighted by molar-refractivity contribution is 0.410. The van der Waals surface area contributed by atoms with Gasteiger partial charge in [-0.25, -0.2) is 4.68 Å². The minimum Gasteiger partial charge on any atom is -0.497 e. The monoisotopic (exact) mass is 384 g/mol. The van der Waals surface area contributed by atoms with E-state index >= 15 is 0 Å². The first kappa shape index (κ1) is 15.2. The molecule has 0 aliphatic carbocycles. The third-order valence-electron chi connectivity index (χ3n) is 4.36. The molecule has 5 nitrogen and oxygen atoms in total. The zero-order valence-corrected chi connectivity index (χ0v) is 14.8. The van der Waals surface area contributed by atoms with Gasteiger partial charge < -0.3 is 10.1 Å². The first-order valence-electron chi connectivity index (χ1n) is 7.80. The zero-order valence-electron chi connectivity index (χ0n) is 13.2. The molecule has 1 aliphatic rings. The van der Waals surface area contributed by atoms with E-state index in [9.17, 15) is 0 Å². The highest BCUT2D eigenvalue weighted by atomic mass is 79.9. The van der Waals surface area contributed by atoms with Crippen LogP contribution < -0.4 is 10.1 Å². The third kappa shape index (κ3) is 2.78. The first-order chi connectivity index (χ1) is 11.7. The van der Waals surface area contributed by atoms with Gasteiger partial charge in [0, 0.05) is 4.47 Å². The predicted molar refractivity (Wildman–Crippen MR) is 96.3 cm³/mol. The molecule has 2 aromatic carbocycles. The molecule has 24 heavy (non-hydrogen) atoms. The molecule has 0 spiro atoms. The Morgan fingerprint density at radius 3 is 2.83 bits per heavy atom. The number of fused-ring (bicyclic) bond motifs is 1. The van der Waals surface area contributed by atoms with Crippen molar-refractivity contribution in [3.8, 4) is 5.75 Å². The van der Waals surface area contributed by atoms with Crippen LogP contribution in [0.5, 0.6) is 5.75 Å². The fourth-order valence-corrected chi connectivity index (χ4v) is 3.61. The summed E-state index contributed by atoms with van der Waals surface area (Å²) in [6.45, 7) is 0. The lowest BCUT2D eigenvalue weighted by Gasteiger charge is -2.32. The van der Waals surface area contributed by atoms with E-state index in [-0.39, 0.29) is 12.1 Å². The van der Waals surface area contributed by atoms with Crippen LogP contribution in [0.1, 0.15) is 29.6 Å². The van der Waals surface area contributed by atoms with Crippen LogP contribution >= 0.6 is 15.9 Å². The standard InChI is InChI=1S/C18H17BrN4O/c1-24-15-7-3-4-12(9-15)16-10-17(13-5-2-6-14(19)8-13)23-18(22-16)20-11-21-23/h2-9,11,16-17H,10H2,1H3,(H,20,21,22)/t16-,17+/m1/s1. The summed E-state index contributed by atoms with van der Waals surface area (Å²) in [4.78, 5) is 4.37. The summed E-state index contributed by atoms with van der Waals surface area (Å²) in [5, 5.41) is 7.89. The topological polar surface area (TPSA) is 52.0 Å². The molecular formula is C18H17BrN4O. The van der Waals surface area contributed by atoms with E-state index in [0.717, 1.165) is 22.6 Å². The van der Waals surface area contributed by atoms with Gasteiger partial charge >= 0.3 is 0 Å². The van der Waals surface area contributed by atoms with Gasteiger partial charge in [-0.05, 0) is 41.8 Å². The average molecular weight is 385 g/mol. The predicted octanol–water partition coefficient (Wildman–Crippen LogP) is 4.20. The first-order valence-corrected chi connectivity index (χ1v) is 8.59. The number of nitrogens with one attached hydrogen (secondary N) is 1. The Hall–Kier alpha value is -2.34. The smallest absolute Gasteiger partial charge is 0.222 e. The van der Waals surface area contributed by atoms with Gasteiger partial charge in [0.05, 0.1) is 19.2 Å². The van der Waals surface area contributed by atoms with Crippen LogP contribution in [0.15, 0.2) is 59.3 Å². The molecule has 0 radical (unpaired) electrons. The van der Waals surface area contributed by atoms with Crippen molar-refractivity contribution in [2.45, 2.75) is 18.5 Å². The largest absolute Gasteiger partial charge is 0.497 e. The summed E-state index contributed by atoms with van der Waals surface area (Å²) in [5.74, 6) is 1.65. The molecule has 1 N–H and O–H groups in total. The fraction of sp³-hybridized carbons (Fsp3) is 0.222. The number of rotatable bonds is 3. The van der Waals surface area contributed by atoms with Gasteiger partial charge in [0.15, 0.2) is 0 Å². The maximum Gasteiger partial charge on any atom is 0.222 e. The van der Waals surface area contributed by atoms with Crippen molar-refractivity contribution in [3.63, 3.8) is 0 Å². The minimum absolute atomic E-state index is 0.137. The van der Waals surface area contributed by atoms with Crippen molar-refractivity contribution >= 4 is 21.9 Å². The molecule has 2 heterocycles. The van der Waals surface area contributed by atoms with E-state index in [1.54, 1.807) is 13.4 Å². The van der Waals surface area contributed by atoms with Crippen molar-refractivity contribution < 1.29 is 4.74 Å². The molecule has 122 valence electrons. The molecule has 0 fully saturated rings. The SMILES string of the molecule is COc1cccc([C@H]2C[C@@H](c3cccc(Br)c3)n3ncnc3N2)c1. The number of ether oxygens (including phenoxy) is 1. The summed E-state index contributed by atoms with van der Waals surface area (Å²) in [6, 6.07) is 16.8. The van der Waals surface area contributed by atoms with Crippen molar-refractivity contribution in [3.05, 3.63) is 70.5 Å². The van der Waals surface area contributed by atoms with Crippen LogP contribution in [0.3, 0.4) is 0 Å². The highest BCUT2D eigenvalue weighted by Crippen LogP contribution is 2.38. The van der Waals surface area contributed by atoms with Crippen molar-refractivity contribution in [2.75, 3.05) is 12.4 Å². The molecule has 3 aromatic rings. The summed E-state index contributed by atoms with van der Waals surface area (Å²) in [5.41, 5.74) is 2.40. The number of anilines is 1. The lowest BCUT2D eigenvalue weighted by Crippen LogP contribution is -2.28. The maximum absolute atomic E-state index is 5.36. The molecular weight excluding hydrogens is 368 g/mol. The molecule has 4 rings (SSSR count). The van der Waals surface area contributed by atoms with Gasteiger partial charge in [0.2, 0.25) is 5.95 Å². The van der Waals surface area contributed by atoms with Gasteiger partial charge in [-0.3, -0.25) is 0 Å². The molecule has 1 aliphatic heterocycles. The second kappa shape index (κ2) is 6.28. The van der Waals surface area contributed by atoms with Gasteiger partial charge in [-0.1, -0.05) is 40.2 Å². The highest BCUT2D eigenvalue weighted by Gasteiger charge is 2.30. The Labute approximate surface area is 148 Å². The lowest BCUT2D eigenvalue weighted by atomic mass is 9.93. The molecule has 0 amide bonds. The maximum atomic E-state index is 5.36. The molecule has 0 unspecified atom stereocenters. The zero-order chi connectivity index (χ0) is 16.5. The number of hydrogen-bond donors (Lipinski definition) is 1. The molecule has 6 heteroatoms. The average Bonchev–Trinajstić information content (AvgIpc) is 3.09. The number of halogens is 1. The van der Waals surface area contributed by atoms with E-state index in [0.29, 0.717) is 0 Å². The van der Waals surface area contributed by atoms with Crippen LogP contribution in [-0.2, 0) is 0 Å². The number of nitrogens with zero attached hydrogens (tertiary/aromatic N) is 3. The Morgan fingerprint density at radius 2 is 2.00 bits per heavy atom. The Kier molecular flexibility index (Phi) is 3.98. The van der Waals surface area contributed by atoms with Crippen LogP contribution in [0.2, 0.25) is 0 Å². The van der Waals surface area contributed by atoms with E-state index in [4.69, 9.17) is 4.74 Å². The normalized spacial score (nSPS) is 19.4. The quantitative estimate of drug-likeness (QED) is 0.735. The van der Waals surface area contributed by atoms with Crippen molar-refractivity contribution in [1.82, 2.24) is 14.8 Å². The number of aromatic nitrogens is 3. The number of benzene rings is 2. The number of methoxy groups -OCH3 is 1. The van der Waals surface area contributed by atoms with E-state index in [1.807, 2.05) is 22.9 Å². The number of hydrogen-bond acceptors (Lipinski definition) is 4. The minimum atomic E-state index is 0.137. The Morgan fingerprint density at radius 1 is 1.17 bits per heavy atom. The summed E-state index contributed by atoms with van der Waals surface area (Å²) in [7, 11) is 1.69.